The molecule has 3 aromatic rings. The van der Waals surface area contributed by atoms with Crippen LogP contribution in [-0.2, 0) is 6.61 Å². The second-order valence-corrected chi connectivity index (χ2v) is 6.95. The number of hydrazone groups is 1. The molecule has 0 bridgehead atoms. The Morgan fingerprint density at radius 3 is 2.64 bits per heavy atom. The van der Waals surface area contributed by atoms with Crippen molar-refractivity contribution in [2.24, 2.45) is 5.10 Å². The van der Waals surface area contributed by atoms with Gasteiger partial charge in [0.25, 0.3) is 0 Å². The number of hydrogen-bond acceptors (Lipinski definition) is 4. The fraction of sp³-hybridized carbons (Fsp3) is 0.174. The van der Waals surface area contributed by atoms with Gasteiger partial charge < -0.3 is 9.47 Å². The lowest BCUT2D eigenvalue weighted by atomic mass is 10.1. The number of benzene rings is 3. The topological polar surface area (TPSA) is 42.8 Å². The van der Waals surface area contributed by atoms with Gasteiger partial charge in [-0.15, -0.1) is 0 Å². The first kappa shape index (κ1) is 19.8. The number of nitrogens with one attached hydrogen (secondary N) is 1. The van der Waals surface area contributed by atoms with E-state index >= 15 is 0 Å². The zero-order valence-corrected chi connectivity index (χ0v) is 17.0. The maximum Gasteiger partial charge on any atom is 0.161 e. The normalized spacial score (nSPS) is 10.9. The highest BCUT2D eigenvalue weighted by atomic mass is 35.5. The van der Waals surface area contributed by atoms with Gasteiger partial charge in [-0.3, -0.25) is 5.43 Å². The fourth-order valence-corrected chi connectivity index (χ4v) is 2.92. The summed E-state index contributed by atoms with van der Waals surface area (Å²) in [6.45, 7) is 4.66. The third-order valence-electron chi connectivity index (χ3n) is 4.31. The average Bonchev–Trinajstić information content (AvgIpc) is 2.69. The Balaban J connectivity index is 1.67. The van der Waals surface area contributed by atoms with E-state index in [-0.39, 0.29) is 0 Å². The van der Waals surface area contributed by atoms with Crippen LogP contribution in [0.1, 0.15) is 22.3 Å². The van der Waals surface area contributed by atoms with Gasteiger partial charge in [0.05, 0.1) is 19.0 Å². The highest BCUT2D eigenvalue weighted by Gasteiger charge is 2.07. The molecule has 0 amide bonds. The van der Waals surface area contributed by atoms with Crippen molar-refractivity contribution in [1.29, 1.82) is 0 Å². The number of rotatable bonds is 7. The Morgan fingerprint density at radius 2 is 1.86 bits per heavy atom. The first-order chi connectivity index (χ1) is 13.5. The molecule has 0 saturated carbocycles. The Labute approximate surface area is 170 Å². The molecule has 144 valence electrons. The first-order valence-corrected chi connectivity index (χ1v) is 9.34. The number of anilines is 1. The van der Waals surface area contributed by atoms with Crippen LogP contribution in [0.25, 0.3) is 0 Å². The van der Waals surface area contributed by atoms with E-state index in [1.54, 1.807) is 13.3 Å². The SMILES string of the molecule is COc1cc(C=NNc2cccc(Cl)c2)ccc1OCc1cc(C)ccc1C. The van der Waals surface area contributed by atoms with Crippen LogP contribution < -0.4 is 14.9 Å². The predicted octanol–water partition coefficient (Wildman–Crippen LogP) is 5.99. The van der Waals surface area contributed by atoms with Crippen molar-refractivity contribution in [3.8, 4) is 11.5 Å². The molecule has 0 unspecified atom stereocenters. The number of hydrogen-bond donors (Lipinski definition) is 1. The van der Waals surface area contributed by atoms with E-state index < -0.39 is 0 Å². The van der Waals surface area contributed by atoms with Gasteiger partial charge >= 0.3 is 0 Å². The molecule has 3 rings (SSSR count). The lowest BCUT2D eigenvalue weighted by molar-refractivity contribution is 0.284. The van der Waals surface area contributed by atoms with Crippen LogP contribution in [0.5, 0.6) is 11.5 Å². The summed E-state index contributed by atoms with van der Waals surface area (Å²) in [5.74, 6) is 1.36. The summed E-state index contributed by atoms with van der Waals surface area (Å²) in [6.07, 6.45) is 1.72. The van der Waals surface area contributed by atoms with Crippen LogP contribution in [0, 0.1) is 13.8 Å². The highest BCUT2D eigenvalue weighted by molar-refractivity contribution is 6.30. The third-order valence-corrected chi connectivity index (χ3v) is 4.54. The number of methoxy groups -OCH3 is 1. The third kappa shape index (κ3) is 5.27. The molecule has 0 saturated heterocycles. The van der Waals surface area contributed by atoms with Crippen LogP contribution in [0.4, 0.5) is 5.69 Å². The molecule has 1 N–H and O–H groups in total. The molecule has 0 aliphatic heterocycles. The molecule has 0 fully saturated rings. The second-order valence-electron chi connectivity index (χ2n) is 6.51. The lowest BCUT2D eigenvalue weighted by Gasteiger charge is -2.13. The van der Waals surface area contributed by atoms with E-state index in [0.717, 1.165) is 11.3 Å². The molecule has 4 nitrogen and oxygen atoms in total. The highest BCUT2D eigenvalue weighted by Crippen LogP contribution is 2.29. The van der Waals surface area contributed by atoms with Crippen LogP contribution in [0.15, 0.2) is 65.8 Å². The molecular formula is C23H23ClN2O2. The van der Waals surface area contributed by atoms with Crippen molar-refractivity contribution in [3.63, 3.8) is 0 Å². The molecular weight excluding hydrogens is 372 g/mol. The Hall–Kier alpha value is -2.98. The van der Waals surface area contributed by atoms with Crippen molar-refractivity contribution >= 4 is 23.5 Å². The number of nitrogens with zero attached hydrogens (tertiary/aromatic N) is 1. The standard InChI is InChI=1S/C23H23ClN2O2/c1-16-7-8-17(2)19(11-16)15-28-22-10-9-18(12-23(22)27-3)14-25-26-21-6-4-5-20(24)13-21/h4-14,26H,15H2,1-3H3. The maximum atomic E-state index is 5.99. The van der Waals surface area contributed by atoms with Gasteiger partial charge in [0.2, 0.25) is 0 Å². The summed E-state index contributed by atoms with van der Waals surface area (Å²) in [7, 11) is 1.63. The molecule has 0 radical (unpaired) electrons. The molecule has 0 aliphatic rings. The van der Waals surface area contributed by atoms with E-state index in [4.69, 9.17) is 21.1 Å². The van der Waals surface area contributed by atoms with Gasteiger partial charge in [-0.25, -0.2) is 0 Å². The van der Waals surface area contributed by atoms with Crippen LogP contribution >= 0.6 is 11.6 Å². The molecule has 0 aromatic heterocycles. The fourth-order valence-electron chi connectivity index (χ4n) is 2.73. The molecule has 0 spiro atoms. The van der Waals surface area contributed by atoms with Crippen LogP contribution in [-0.4, -0.2) is 13.3 Å². The van der Waals surface area contributed by atoms with Crippen molar-refractivity contribution < 1.29 is 9.47 Å². The molecule has 5 heteroatoms. The summed E-state index contributed by atoms with van der Waals surface area (Å²) in [5, 5.41) is 4.90. The van der Waals surface area contributed by atoms with Gasteiger partial charge in [-0.1, -0.05) is 41.4 Å². The molecule has 0 heterocycles. The molecule has 0 aliphatic carbocycles. The largest absolute Gasteiger partial charge is 0.493 e. The molecule has 28 heavy (non-hydrogen) atoms. The second kappa shape index (κ2) is 9.29. The van der Waals surface area contributed by atoms with Crippen molar-refractivity contribution in [3.05, 3.63) is 87.9 Å². The minimum absolute atomic E-state index is 0.494. The van der Waals surface area contributed by atoms with Crippen molar-refractivity contribution in [1.82, 2.24) is 0 Å². The lowest BCUT2D eigenvalue weighted by Crippen LogP contribution is -2.00. The Kier molecular flexibility index (Phi) is 6.56. The number of ether oxygens (including phenoxy) is 2. The summed E-state index contributed by atoms with van der Waals surface area (Å²) >= 11 is 5.97. The molecule has 3 aromatic carbocycles. The summed E-state index contributed by atoms with van der Waals surface area (Å²) < 4.78 is 11.5. The van der Waals surface area contributed by atoms with Gasteiger partial charge in [0.15, 0.2) is 11.5 Å². The minimum Gasteiger partial charge on any atom is -0.493 e. The zero-order chi connectivity index (χ0) is 19.9. The Bertz CT molecular complexity index is 986. The van der Waals surface area contributed by atoms with E-state index in [9.17, 15) is 0 Å². The smallest absolute Gasteiger partial charge is 0.161 e. The van der Waals surface area contributed by atoms with E-state index in [1.807, 2.05) is 42.5 Å². The maximum absolute atomic E-state index is 5.99. The molecule has 0 atom stereocenters. The van der Waals surface area contributed by atoms with Crippen LogP contribution in [0.3, 0.4) is 0 Å². The van der Waals surface area contributed by atoms with Gasteiger partial charge in [-0.05, 0) is 66.9 Å². The first-order valence-electron chi connectivity index (χ1n) is 8.97. The number of halogens is 1. The van der Waals surface area contributed by atoms with Crippen molar-refractivity contribution in [2.45, 2.75) is 20.5 Å². The monoisotopic (exact) mass is 394 g/mol. The van der Waals surface area contributed by atoms with Gasteiger partial charge in [0.1, 0.15) is 6.61 Å². The van der Waals surface area contributed by atoms with E-state index in [1.165, 1.54) is 16.7 Å². The van der Waals surface area contributed by atoms with Crippen molar-refractivity contribution in [2.75, 3.05) is 12.5 Å². The summed E-state index contributed by atoms with van der Waals surface area (Å²) in [4.78, 5) is 0. The van der Waals surface area contributed by atoms with Gasteiger partial charge in [0, 0.05) is 5.02 Å². The summed E-state index contributed by atoms with van der Waals surface area (Å²) in [6, 6.07) is 19.5. The zero-order valence-electron chi connectivity index (χ0n) is 16.2. The minimum atomic E-state index is 0.494. The Morgan fingerprint density at radius 1 is 1.00 bits per heavy atom. The number of aryl methyl sites for hydroxylation is 2. The van der Waals surface area contributed by atoms with E-state index in [0.29, 0.717) is 23.1 Å². The average molecular weight is 395 g/mol. The van der Waals surface area contributed by atoms with Gasteiger partial charge in [-0.2, -0.15) is 5.10 Å². The summed E-state index contributed by atoms with van der Waals surface area (Å²) in [5.41, 5.74) is 8.27. The predicted molar refractivity (Wildman–Crippen MR) is 116 cm³/mol. The van der Waals surface area contributed by atoms with Crippen LogP contribution in [0.2, 0.25) is 5.02 Å². The van der Waals surface area contributed by atoms with E-state index in [2.05, 4.69) is 42.6 Å². The quantitative estimate of drug-likeness (QED) is 0.395.